The molecule has 2 heterocycles. The fourth-order valence-corrected chi connectivity index (χ4v) is 4.05. The molecule has 0 spiro atoms. The Hall–Kier alpha value is -3.20. The predicted octanol–water partition coefficient (Wildman–Crippen LogP) is 3.84. The van der Waals surface area contributed by atoms with Gasteiger partial charge in [-0.1, -0.05) is 18.2 Å². The van der Waals surface area contributed by atoms with Crippen molar-refractivity contribution >= 4 is 17.5 Å². The van der Waals surface area contributed by atoms with E-state index < -0.39 is 0 Å². The highest BCUT2D eigenvalue weighted by Gasteiger charge is 2.39. The van der Waals surface area contributed by atoms with Gasteiger partial charge in [0.25, 0.3) is 0 Å². The first-order valence-electron chi connectivity index (χ1n) is 9.06. The summed E-state index contributed by atoms with van der Waals surface area (Å²) in [6.07, 6.45) is -0.323. The van der Waals surface area contributed by atoms with Crippen molar-refractivity contribution < 1.29 is 14.3 Å². The van der Waals surface area contributed by atoms with E-state index in [1.54, 1.807) is 12.0 Å². The second kappa shape index (κ2) is 6.84. The summed E-state index contributed by atoms with van der Waals surface area (Å²) in [7, 11) is 1.64. The van der Waals surface area contributed by atoms with Crippen LogP contribution in [0.4, 0.5) is 16.2 Å². The number of likely N-dealkylation sites (N-methyl/N-ethyl adjacent to an activating group) is 1. The Morgan fingerprint density at radius 2 is 2.15 bits per heavy atom. The molecule has 2 aliphatic rings. The maximum Gasteiger partial charge on any atom is 0.414 e. The average Bonchev–Trinajstić information content (AvgIpc) is 3.27. The number of hydrogen-bond acceptors (Lipinski definition) is 5. The molecule has 0 N–H and O–H groups in total. The summed E-state index contributed by atoms with van der Waals surface area (Å²) in [5, 5.41) is 9.91. The minimum absolute atomic E-state index is 0.110. The lowest BCUT2D eigenvalue weighted by Crippen LogP contribution is -2.27. The first-order chi connectivity index (χ1) is 13.2. The maximum atomic E-state index is 11.9. The Bertz CT molecular complexity index is 921. The van der Waals surface area contributed by atoms with Crippen LogP contribution in [0, 0.1) is 11.3 Å². The van der Waals surface area contributed by atoms with Gasteiger partial charge < -0.3 is 14.4 Å². The summed E-state index contributed by atoms with van der Waals surface area (Å²) in [6, 6.07) is 16.1. The number of carbonyl (C=O) groups excluding carboxylic acids is 1. The molecule has 138 valence electrons. The molecule has 27 heavy (non-hydrogen) atoms. The third-order valence-corrected chi connectivity index (χ3v) is 5.30. The molecular formula is C21H21N3O3. The molecule has 0 aliphatic carbocycles. The summed E-state index contributed by atoms with van der Waals surface area (Å²) in [4.78, 5) is 15.8. The van der Waals surface area contributed by atoms with E-state index in [1.807, 2.05) is 42.5 Å². The van der Waals surface area contributed by atoms with Crippen LogP contribution < -0.4 is 14.5 Å². The monoisotopic (exact) mass is 363 g/mol. The van der Waals surface area contributed by atoms with Crippen molar-refractivity contribution in [2.45, 2.75) is 18.9 Å². The number of methoxy groups -OCH3 is 1. The average molecular weight is 363 g/mol. The lowest BCUT2D eigenvalue weighted by Gasteiger charge is -2.28. The zero-order chi connectivity index (χ0) is 19.0. The third kappa shape index (κ3) is 2.76. The van der Waals surface area contributed by atoms with Crippen LogP contribution in [0.1, 0.15) is 30.0 Å². The van der Waals surface area contributed by atoms with E-state index in [-0.39, 0.29) is 18.1 Å². The molecule has 2 aliphatic heterocycles. The Balaban J connectivity index is 1.77. The van der Waals surface area contributed by atoms with E-state index in [0.717, 1.165) is 34.8 Å². The maximum absolute atomic E-state index is 11.9. The minimum Gasteiger partial charge on any atom is -0.497 e. The largest absolute Gasteiger partial charge is 0.497 e. The van der Waals surface area contributed by atoms with Crippen LogP contribution in [0.3, 0.4) is 0 Å². The molecule has 0 saturated carbocycles. The van der Waals surface area contributed by atoms with Gasteiger partial charge in [0, 0.05) is 24.0 Å². The molecule has 2 aromatic rings. The first-order valence-corrected chi connectivity index (χ1v) is 9.06. The van der Waals surface area contributed by atoms with E-state index in [0.29, 0.717) is 13.2 Å². The van der Waals surface area contributed by atoms with Crippen molar-refractivity contribution in [1.82, 2.24) is 0 Å². The van der Waals surface area contributed by atoms with Crippen LogP contribution in [0.2, 0.25) is 0 Å². The van der Waals surface area contributed by atoms with Crippen molar-refractivity contribution in [3.05, 3.63) is 53.6 Å². The third-order valence-electron chi connectivity index (χ3n) is 5.30. The summed E-state index contributed by atoms with van der Waals surface area (Å²) in [6.45, 7) is 3.79. The molecule has 1 amide bonds. The number of cyclic esters (lactones) is 1. The van der Waals surface area contributed by atoms with Crippen molar-refractivity contribution in [3.8, 4) is 11.8 Å². The normalized spacial score (nSPS) is 21.0. The van der Waals surface area contributed by atoms with Crippen LogP contribution >= 0.6 is 0 Å². The van der Waals surface area contributed by atoms with Gasteiger partial charge in [-0.05, 0) is 36.2 Å². The highest BCUT2D eigenvalue weighted by Crippen LogP contribution is 2.50. The SMILES string of the molecule is CCN1c2cc(OC)ccc2C(C#N)C1c1cccc(N2CCOC2=O)c1. The lowest BCUT2D eigenvalue weighted by molar-refractivity contribution is 0.181. The smallest absolute Gasteiger partial charge is 0.414 e. The molecule has 1 saturated heterocycles. The Labute approximate surface area is 158 Å². The van der Waals surface area contributed by atoms with Gasteiger partial charge in [-0.3, -0.25) is 4.90 Å². The number of nitrogens with zero attached hydrogens (tertiary/aromatic N) is 3. The fraction of sp³-hybridized carbons (Fsp3) is 0.333. The van der Waals surface area contributed by atoms with Crippen LogP contribution in [0.15, 0.2) is 42.5 Å². The summed E-state index contributed by atoms with van der Waals surface area (Å²) >= 11 is 0. The van der Waals surface area contributed by atoms with E-state index in [2.05, 4.69) is 17.9 Å². The molecule has 6 nitrogen and oxygen atoms in total. The molecule has 6 heteroatoms. The number of anilines is 2. The van der Waals surface area contributed by atoms with Gasteiger partial charge in [0.2, 0.25) is 0 Å². The minimum atomic E-state index is -0.323. The number of amides is 1. The van der Waals surface area contributed by atoms with Crippen molar-refractivity contribution in [2.24, 2.45) is 0 Å². The fourth-order valence-electron chi connectivity index (χ4n) is 4.05. The lowest BCUT2D eigenvalue weighted by atomic mass is 9.91. The molecule has 4 rings (SSSR count). The van der Waals surface area contributed by atoms with Crippen LogP contribution in [-0.4, -0.2) is 32.9 Å². The van der Waals surface area contributed by atoms with Gasteiger partial charge in [0.05, 0.1) is 31.7 Å². The van der Waals surface area contributed by atoms with E-state index in [4.69, 9.17) is 9.47 Å². The van der Waals surface area contributed by atoms with Crippen LogP contribution in [0.5, 0.6) is 5.75 Å². The van der Waals surface area contributed by atoms with Gasteiger partial charge >= 0.3 is 6.09 Å². The summed E-state index contributed by atoms with van der Waals surface area (Å²) in [5.41, 5.74) is 3.85. The zero-order valence-electron chi connectivity index (χ0n) is 15.4. The van der Waals surface area contributed by atoms with Gasteiger partial charge in [-0.2, -0.15) is 5.26 Å². The molecule has 0 radical (unpaired) electrons. The molecular weight excluding hydrogens is 342 g/mol. The van der Waals surface area contributed by atoms with E-state index >= 15 is 0 Å². The van der Waals surface area contributed by atoms with Gasteiger partial charge in [0.1, 0.15) is 12.4 Å². The molecule has 2 aromatic carbocycles. The quantitative estimate of drug-likeness (QED) is 0.826. The van der Waals surface area contributed by atoms with Gasteiger partial charge in [0.15, 0.2) is 0 Å². The number of carbonyl (C=O) groups is 1. The van der Waals surface area contributed by atoms with Crippen molar-refractivity contribution in [2.75, 3.05) is 36.6 Å². The molecule has 2 atom stereocenters. The Morgan fingerprint density at radius 3 is 2.81 bits per heavy atom. The standard InChI is InChI=1S/C21H21N3O3/c1-3-23-19-12-16(26-2)7-8-17(19)18(13-22)20(23)14-5-4-6-15(11-14)24-9-10-27-21(24)25/h4-8,11-12,18,20H,3,9-10H2,1-2H3. The number of benzene rings is 2. The molecule has 1 fully saturated rings. The Kier molecular flexibility index (Phi) is 4.36. The highest BCUT2D eigenvalue weighted by molar-refractivity contribution is 5.89. The number of hydrogen-bond donors (Lipinski definition) is 0. The molecule has 0 aromatic heterocycles. The second-order valence-corrected chi connectivity index (χ2v) is 6.62. The molecule has 2 unspecified atom stereocenters. The topological polar surface area (TPSA) is 65.8 Å². The predicted molar refractivity (Wildman–Crippen MR) is 102 cm³/mol. The molecule has 0 bridgehead atoms. The number of fused-ring (bicyclic) bond motifs is 1. The number of nitriles is 1. The van der Waals surface area contributed by atoms with E-state index in [1.165, 1.54) is 0 Å². The van der Waals surface area contributed by atoms with Crippen molar-refractivity contribution in [1.29, 1.82) is 5.26 Å². The number of ether oxygens (including phenoxy) is 2. The summed E-state index contributed by atoms with van der Waals surface area (Å²) < 4.78 is 10.4. The summed E-state index contributed by atoms with van der Waals surface area (Å²) in [5.74, 6) is 0.490. The van der Waals surface area contributed by atoms with Crippen LogP contribution in [0.25, 0.3) is 0 Å². The Morgan fingerprint density at radius 1 is 1.30 bits per heavy atom. The van der Waals surface area contributed by atoms with Gasteiger partial charge in [-0.15, -0.1) is 0 Å². The zero-order valence-corrected chi connectivity index (χ0v) is 15.4. The highest BCUT2D eigenvalue weighted by atomic mass is 16.6. The van der Waals surface area contributed by atoms with E-state index in [9.17, 15) is 10.1 Å². The second-order valence-electron chi connectivity index (χ2n) is 6.62. The van der Waals surface area contributed by atoms with Crippen LogP contribution in [-0.2, 0) is 4.74 Å². The van der Waals surface area contributed by atoms with Crippen molar-refractivity contribution in [3.63, 3.8) is 0 Å². The van der Waals surface area contributed by atoms with Gasteiger partial charge in [-0.25, -0.2) is 4.79 Å². The first kappa shape index (κ1) is 17.2. The number of rotatable bonds is 4.